The van der Waals surface area contributed by atoms with E-state index in [2.05, 4.69) is 36.0 Å². The molecular formula is C38H39N8NaO8S3. The average molecular weight is 855 g/mol. The van der Waals surface area contributed by atoms with Crippen LogP contribution in [0.2, 0.25) is 0 Å². The van der Waals surface area contributed by atoms with Crippen LogP contribution in [0.25, 0.3) is 11.3 Å². The van der Waals surface area contributed by atoms with E-state index in [4.69, 9.17) is 0 Å². The Bertz CT molecular complexity index is 2200. The molecule has 5 N–H and O–H groups in total. The number of pyridine rings is 1. The molecule has 1 saturated heterocycles. The summed E-state index contributed by atoms with van der Waals surface area (Å²) in [4.78, 5) is 73.2. The predicted molar refractivity (Wildman–Crippen MR) is 212 cm³/mol. The monoisotopic (exact) mass is 854 g/mol. The molecule has 2 aliphatic heterocycles. The summed E-state index contributed by atoms with van der Waals surface area (Å²) in [6.07, 6.45) is 0. The van der Waals surface area contributed by atoms with Gasteiger partial charge in [-0.2, -0.15) is 0 Å². The number of hydrogen-bond donors (Lipinski definition) is 5. The van der Waals surface area contributed by atoms with Crippen LogP contribution in [0.4, 0.5) is 0 Å². The fraction of sp³-hybridized carbons (Fsp3) is 0.316. The summed E-state index contributed by atoms with van der Waals surface area (Å²) in [7, 11) is 0. The maximum absolute atomic E-state index is 13.8. The number of likely N-dealkylation sites (N-methyl/N-ethyl adjacent to an activating group) is 1. The van der Waals surface area contributed by atoms with Gasteiger partial charge in [0.2, 0.25) is 16.8 Å². The number of nitrogens with one attached hydrogen (secondary N) is 3. The number of aryl methyl sites for hydroxylation is 1. The summed E-state index contributed by atoms with van der Waals surface area (Å²) in [5.74, 6) is -4.56. The molecule has 0 saturated carbocycles. The standard InChI is InChI=1S/C38H40N8O8S3.Na/c1-4-45(5-2)17-16-39-33(51)34-43-44-38(57-34)56-19-23-18-55-36-28(35(52)46(36)29(23)37(53)54)42-32(50)27(22-10-12-24(47)13-11-22)41-31(49)25-14-15-26(40-30(25)48)21-8-6-20(3)7-9-21;/h6-15,27-28,36,47H,4-5,16-19H2,1-3H3,(H,39,51)(H,40,48)(H,41,49)(H,42,50)(H,53,54);/q;+1/p-1/t27?,28?,36-;/m0./s1. The maximum atomic E-state index is 13.8. The second-order valence-corrected chi connectivity index (χ2v) is 16.3. The SMILES string of the molecule is CCN(CC)CCNC(=O)c1nnc(SCC2=C(C(=O)[O-])N3C(=O)C(NC(=O)C(NC(=O)c4ccc(-c5ccc(C)cc5)nc4O)c4ccc(O)cc4)[C@@H]3SC2)s1.[Na+]. The Labute approximate surface area is 368 Å². The van der Waals surface area contributed by atoms with Gasteiger partial charge in [-0.25, -0.2) is 4.98 Å². The molecule has 0 spiro atoms. The van der Waals surface area contributed by atoms with Gasteiger partial charge >= 0.3 is 29.6 Å². The van der Waals surface area contributed by atoms with Crippen LogP contribution in [0.1, 0.15) is 51.2 Å². The minimum Gasteiger partial charge on any atom is -0.543 e. The third kappa shape index (κ3) is 10.2. The number of carboxylic acids is 1. The Morgan fingerprint density at radius 2 is 1.71 bits per heavy atom. The zero-order chi connectivity index (χ0) is 40.8. The normalized spacial score (nSPS) is 16.5. The smallest absolute Gasteiger partial charge is 0.543 e. The number of benzene rings is 2. The third-order valence-electron chi connectivity index (χ3n) is 9.35. The van der Waals surface area contributed by atoms with Gasteiger partial charge in [0.15, 0.2) is 4.34 Å². The van der Waals surface area contributed by atoms with E-state index < -0.39 is 47.0 Å². The van der Waals surface area contributed by atoms with Crippen molar-refractivity contribution < 1.29 is 68.8 Å². The van der Waals surface area contributed by atoms with Gasteiger partial charge in [-0.05, 0) is 55.4 Å². The van der Waals surface area contributed by atoms with Crippen molar-refractivity contribution in [3.05, 3.63) is 93.6 Å². The predicted octanol–water partition coefficient (Wildman–Crippen LogP) is -0.937. The number of amides is 4. The van der Waals surface area contributed by atoms with E-state index in [1.165, 1.54) is 53.9 Å². The molecule has 298 valence electrons. The first kappa shape index (κ1) is 44.6. The van der Waals surface area contributed by atoms with Crippen LogP contribution in [-0.4, -0.2) is 114 Å². The minimum atomic E-state index is -1.56. The Kier molecular flexibility index (Phi) is 15.4. The van der Waals surface area contributed by atoms with Crippen molar-refractivity contribution >= 4 is 64.5 Å². The Balaban J connectivity index is 0.00000641. The number of aromatic nitrogens is 3. The van der Waals surface area contributed by atoms with Crippen molar-refractivity contribution in [2.24, 2.45) is 0 Å². The van der Waals surface area contributed by atoms with E-state index in [1.807, 2.05) is 45.0 Å². The number of thioether (sulfide) groups is 2. The fourth-order valence-electron chi connectivity index (χ4n) is 6.16. The first-order chi connectivity index (χ1) is 27.4. The molecule has 20 heteroatoms. The van der Waals surface area contributed by atoms with E-state index in [-0.39, 0.29) is 74.6 Å². The van der Waals surface area contributed by atoms with Crippen molar-refractivity contribution in [2.45, 2.75) is 42.6 Å². The third-order valence-corrected chi connectivity index (χ3v) is 12.8. The van der Waals surface area contributed by atoms with Crippen LogP contribution >= 0.6 is 34.9 Å². The van der Waals surface area contributed by atoms with E-state index in [0.29, 0.717) is 28.7 Å². The number of β-lactam (4-membered cyclic amide) rings is 1. The van der Waals surface area contributed by atoms with Gasteiger partial charge in [-0.3, -0.25) is 24.1 Å². The number of rotatable bonds is 16. The summed E-state index contributed by atoms with van der Waals surface area (Å²) in [6.45, 7) is 8.90. The minimum absolute atomic E-state index is 0. The summed E-state index contributed by atoms with van der Waals surface area (Å²) >= 11 is 3.49. The molecular weight excluding hydrogens is 816 g/mol. The van der Waals surface area contributed by atoms with Crippen LogP contribution in [0.3, 0.4) is 0 Å². The molecule has 2 aromatic carbocycles. The van der Waals surface area contributed by atoms with E-state index in [9.17, 15) is 39.3 Å². The Morgan fingerprint density at radius 3 is 2.36 bits per heavy atom. The number of phenolic OH excluding ortho intramolecular Hbond substituents is 1. The van der Waals surface area contributed by atoms with Gasteiger partial charge in [0.1, 0.15) is 28.8 Å². The molecule has 16 nitrogen and oxygen atoms in total. The molecule has 6 rings (SSSR count). The Morgan fingerprint density at radius 1 is 1.00 bits per heavy atom. The van der Waals surface area contributed by atoms with E-state index in [0.717, 1.165) is 40.5 Å². The van der Waals surface area contributed by atoms with Gasteiger partial charge < -0.3 is 41.0 Å². The molecule has 2 aromatic heterocycles. The fourth-order valence-corrected chi connectivity index (χ4v) is 9.41. The number of nitrogens with zero attached hydrogens (tertiary/aromatic N) is 5. The number of aliphatic carboxylic acids is 1. The topological polar surface area (TPSA) is 230 Å². The van der Waals surface area contributed by atoms with Gasteiger partial charge in [0.05, 0.1) is 17.4 Å². The number of phenols is 1. The second-order valence-electron chi connectivity index (χ2n) is 13.0. The number of hydrogen-bond acceptors (Lipinski definition) is 15. The van der Waals surface area contributed by atoms with E-state index >= 15 is 0 Å². The molecule has 0 radical (unpaired) electrons. The van der Waals surface area contributed by atoms with Crippen LogP contribution in [0.15, 0.2) is 76.3 Å². The van der Waals surface area contributed by atoms with Crippen molar-refractivity contribution in [2.75, 3.05) is 37.7 Å². The molecule has 4 amide bonds. The van der Waals surface area contributed by atoms with Gasteiger partial charge in [-0.1, -0.05) is 78.9 Å². The molecule has 2 aliphatic rings. The van der Waals surface area contributed by atoms with Crippen molar-refractivity contribution in [3.63, 3.8) is 0 Å². The molecule has 2 unspecified atom stereocenters. The van der Waals surface area contributed by atoms with Gasteiger partial charge in [0.25, 0.3) is 17.7 Å². The molecule has 1 fully saturated rings. The Hall–Kier alpha value is -4.50. The number of carboxylic acid groups (broad SMARTS) is 1. The summed E-state index contributed by atoms with van der Waals surface area (Å²) in [6, 6.07) is 13.3. The summed E-state index contributed by atoms with van der Waals surface area (Å²) in [5, 5.41) is 48.5. The quantitative estimate of drug-likeness (QED) is 0.0521. The molecule has 0 aliphatic carbocycles. The molecule has 0 bridgehead atoms. The van der Waals surface area contributed by atoms with Crippen molar-refractivity contribution in [1.82, 2.24) is 40.9 Å². The van der Waals surface area contributed by atoms with Crippen LogP contribution in [-0.2, 0) is 14.4 Å². The maximum Gasteiger partial charge on any atom is 1.00 e. The molecule has 4 heterocycles. The first-order valence-electron chi connectivity index (χ1n) is 17.9. The summed E-state index contributed by atoms with van der Waals surface area (Å²) < 4.78 is 0.440. The van der Waals surface area contributed by atoms with E-state index in [1.54, 1.807) is 6.07 Å². The zero-order valence-electron chi connectivity index (χ0n) is 32.1. The second kappa shape index (κ2) is 20.0. The zero-order valence-corrected chi connectivity index (χ0v) is 36.5. The molecule has 4 aromatic rings. The molecule has 58 heavy (non-hydrogen) atoms. The number of carbonyl (C=O) groups excluding carboxylic acids is 5. The van der Waals surface area contributed by atoms with Crippen molar-refractivity contribution in [1.29, 1.82) is 0 Å². The average Bonchev–Trinajstić information content (AvgIpc) is 3.69. The summed E-state index contributed by atoms with van der Waals surface area (Å²) in [5.41, 5.74) is 2.34. The first-order valence-corrected chi connectivity index (χ1v) is 20.8. The molecule has 3 atom stereocenters. The number of aromatic hydroxyl groups is 2. The van der Waals surface area contributed by atoms with Gasteiger partial charge in [0, 0.05) is 30.2 Å². The van der Waals surface area contributed by atoms with Crippen molar-refractivity contribution in [3.8, 4) is 22.9 Å². The van der Waals surface area contributed by atoms with Gasteiger partial charge in [-0.15, -0.1) is 22.0 Å². The number of carbonyl (C=O) groups is 5. The number of fused-ring (bicyclic) bond motifs is 1. The van der Waals surface area contributed by atoms with Crippen LogP contribution < -0.4 is 50.6 Å². The van der Waals surface area contributed by atoms with Crippen LogP contribution in [0.5, 0.6) is 11.6 Å². The van der Waals surface area contributed by atoms with Crippen LogP contribution in [0, 0.1) is 6.92 Å². The largest absolute Gasteiger partial charge is 1.00 e.